The van der Waals surface area contributed by atoms with Crippen LogP contribution in [0.3, 0.4) is 0 Å². The molecular weight excluding hydrogens is 192 g/mol. The summed E-state index contributed by atoms with van der Waals surface area (Å²) in [6.07, 6.45) is 2.95. The predicted molar refractivity (Wildman–Crippen MR) is 58.6 cm³/mol. The standard InChI is InChI=1S/C10H20N4O/c1-5-6-14-9(7-12-13-14)10(11-3)8(2)15-4/h7-8,10-11H,5-6H2,1-4H3. The number of rotatable bonds is 6. The van der Waals surface area contributed by atoms with Gasteiger partial charge in [-0.1, -0.05) is 12.1 Å². The van der Waals surface area contributed by atoms with E-state index in [1.54, 1.807) is 13.3 Å². The van der Waals surface area contributed by atoms with E-state index in [1.807, 2.05) is 18.7 Å². The molecule has 5 nitrogen and oxygen atoms in total. The molecule has 1 heterocycles. The molecule has 86 valence electrons. The van der Waals surface area contributed by atoms with Crippen LogP contribution in [0, 0.1) is 0 Å². The minimum atomic E-state index is 0.101. The van der Waals surface area contributed by atoms with Crippen molar-refractivity contribution in [1.82, 2.24) is 20.3 Å². The van der Waals surface area contributed by atoms with Crippen molar-refractivity contribution < 1.29 is 4.74 Å². The number of nitrogens with zero attached hydrogens (tertiary/aromatic N) is 3. The SMILES string of the molecule is CCCn1nncc1C(NC)C(C)OC. The summed E-state index contributed by atoms with van der Waals surface area (Å²) < 4.78 is 7.26. The summed E-state index contributed by atoms with van der Waals surface area (Å²) in [5.74, 6) is 0. The van der Waals surface area contributed by atoms with Crippen LogP contribution in [-0.4, -0.2) is 35.3 Å². The van der Waals surface area contributed by atoms with Crippen molar-refractivity contribution in [2.45, 2.75) is 39.0 Å². The van der Waals surface area contributed by atoms with Crippen LogP contribution in [0.5, 0.6) is 0 Å². The topological polar surface area (TPSA) is 52.0 Å². The molecule has 1 aromatic rings. The second kappa shape index (κ2) is 5.82. The zero-order chi connectivity index (χ0) is 11.3. The average molecular weight is 212 g/mol. The van der Waals surface area contributed by atoms with Crippen LogP contribution in [0.4, 0.5) is 0 Å². The van der Waals surface area contributed by atoms with Gasteiger partial charge in [-0.2, -0.15) is 0 Å². The second-order valence-corrected chi connectivity index (χ2v) is 3.59. The molecule has 0 aliphatic heterocycles. The maximum atomic E-state index is 5.33. The van der Waals surface area contributed by atoms with E-state index in [9.17, 15) is 0 Å². The smallest absolute Gasteiger partial charge is 0.0782 e. The van der Waals surface area contributed by atoms with Gasteiger partial charge < -0.3 is 10.1 Å². The Balaban J connectivity index is 2.85. The van der Waals surface area contributed by atoms with E-state index in [-0.39, 0.29) is 12.1 Å². The molecule has 0 bridgehead atoms. The van der Waals surface area contributed by atoms with Crippen molar-refractivity contribution >= 4 is 0 Å². The first-order valence-electron chi connectivity index (χ1n) is 5.33. The summed E-state index contributed by atoms with van der Waals surface area (Å²) in [5, 5.41) is 11.2. The van der Waals surface area contributed by atoms with Crippen molar-refractivity contribution in [3.63, 3.8) is 0 Å². The molecule has 15 heavy (non-hydrogen) atoms. The minimum absolute atomic E-state index is 0.101. The zero-order valence-electron chi connectivity index (χ0n) is 9.90. The van der Waals surface area contributed by atoms with Gasteiger partial charge >= 0.3 is 0 Å². The maximum absolute atomic E-state index is 5.33. The molecule has 2 unspecified atom stereocenters. The Labute approximate surface area is 90.8 Å². The zero-order valence-corrected chi connectivity index (χ0v) is 9.90. The van der Waals surface area contributed by atoms with E-state index >= 15 is 0 Å². The fraction of sp³-hybridized carbons (Fsp3) is 0.800. The first kappa shape index (κ1) is 12.1. The van der Waals surface area contributed by atoms with Gasteiger partial charge in [-0.25, -0.2) is 4.68 Å². The largest absolute Gasteiger partial charge is 0.380 e. The molecule has 1 rings (SSSR count). The van der Waals surface area contributed by atoms with Gasteiger partial charge in [0.05, 0.1) is 24.0 Å². The molecule has 0 amide bonds. The highest BCUT2D eigenvalue weighted by molar-refractivity contribution is 5.04. The van der Waals surface area contributed by atoms with Crippen molar-refractivity contribution in [2.24, 2.45) is 0 Å². The quantitative estimate of drug-likeness (QED) is 0.764. The third kappa shape index (κ3) is 2.76. The molecule has 1 aromatic heterocycles. The molecule has 0 radical (unpaired) electrons. The monoisotopic (exact) mass is 212 g/mol. The fourth-order valence-electron chi connectivity index (χ4n) is 1.65. The van der Waals surface area contributed by atoms with E-state index in [0.717, 1.165) is 18.7 Å². The first-order valence-corrected chi connectivity index (χ1v) is 5.33. The number of likely N-dealkylation sites (N-methyl/N-ethyl adjacent to an activating group) is 1. The summed E-state index contributed by atoms with van der Waals surface area (Å²) in [4.78, 5) is 0. The van der Waals surface area contributed by atoms with Gasteiger partial charge in [0.1, 0.15) is 0 Å². The van der Waals surface area contributed by atoms with E-state index in [0.29, 0.717) is 0 Å². The minimum Gasteiger partial charge on any atom is -0.380 e. The third-order valence-corrected chi connectivity index (χ3v) is 2.55. The molecule has 2 atom stereocenters. The van der Waals surface area contributed by atoms with Crippen LogP contribution in [-0.2, 0) is 11.3 Å². The van der Waals surface area contributed by atoms with Crippen molar-refractivity contribution in [3.05, 3.63) is 11.9 Å². The highest BCUT2D eigenvalue weighted by atomic mass is 16.5. The molecular formula is C10H20N4O. The van der Waals surface area contributed by atoms with E-state index in [1.165, 1.54) is 0 Å². The van der Waals surface area contributed by atoms with Crippen molar-refractivity contribution in [1.29, 1.82) is 0 Å². The van der Waals surface area contributed by atoms with E-state index in [2.05, 4.69) is 22.6 Å². The number of nitrogens with one attached hydrogen (secondary N) is 1. The molecule has 0 saturated heterocycles. The molecule has 0 aromatic carbocycles. The van der Waals surface area contributed by atoms with E-state index in [4.69, 9.17) is 4.74 Å². The molecule has 0 aliphatic rings. The third-order valence-electron chi connectivity index (χ3n) is 2.55. The first-order chi connectivity index (χ1) is 7.24. The summed E-state index contributed by atoms with van der Waals surface area (Å²) in [6, 6.07) is 0.136. The Morgan fingerprint density at radius 2 is 2.33 bits per heavy atom. The summed E-state index contributed by atoms with van der Waals surface area (Å²) in [6.45, 7) is 5.05. The normalized spacial score (nSPS) is 15.2. The number of ether oxygens (including phenoxy) is 1. The van der Waals surface area contributed by atoms with Gasteiger partial charge in [0.25, 0.3) is 0 Å². The molecule has 0 spiro atoms. The van der Waals surface area contributed by atoms with Crippen LogP contribution in [0.1, 0.15) is 32.0 Å². The fourth-order valence-corrected chi connectivity index (χ4v) is 1.65. The van der Waals surface area contributed by atoms with Gasteiger partial charge in [0.2, 0.25) is 0 Å². The number of aromatic nitrogens is 3. The van der Waals surface area contributed by atoms with E-state index < -0.39 is 0 Å². The number of hydrogen-bond donors (Lipinski definition) is 1. The van der Waals surface area contributed by atoms with Gasteiger partial charge in [-0.05, 0) is 20.4 Å². The maximum Gasteiger partial charge on any atom is 0.0782 e. The summed E-state index contributed by atoms with van der Waals surface area (Å²) in [5.41, 5.74) is 1.08. The summed E-state index contributed by atoms with van der Waals surface area (Å²) >= 11 is 0. The molecule has 0 aliphatic carbocycles. The predicted octanol–water partition coefficient (Wildman–Crippen LogP) is 0.983. The average Bonchev–Trinajstić information content (AvgIpc) is 2.68. The lowest BCUT2D eigenvalue weighted by Gasteiger charge is -2.22. The number of methoxy groups -OCH3 is 1. The molecule has 0 fully saturated rings. The lowest BCUT2D eigenvalue weighted by atomic mass is 10.1. The lowest BCUT2D eigenvalue weighted by molar-refractivity contribution is 0.0826. The lowest BCUT2D eigenvalue weighted by Crippen LogP contribution is -2.30. The van der Waals surface area contributed by atoms with Gasteiger partial charge in [-0.15, -0.1) is 5.10 Å². The molecule has 1 N–H and O–H groups in total. The van der Waals surface area contributed by atoms with Gasteiger partial charge in [-0.3, -0.25) is 0 Å². The Hall–Kier alpha value is -0.940. The van der Waals surface area contributed by atoms with Crippen molar-refractivity contribution in [2.75, 3.05) is 14.2 Å². The second-order valence-electron chi connectivity index (χ2n) is 3.59. The van der Waals surface area contributed by atoms with Gasteiger partial charge in [0, 0.05) is 13.7 Å². The number of aryl methyl sites for hydroxylation is 1. The van der Waals surface area contributed by atoms with Crippen LogP contribution in [0.15, 0.2) is 6.20 Å². The Morgan fingerprint density at radius 3 is 2.87 bits per heavy atom. The van der Waals surface area contributed by atoms with Crippen LogP contribution < -0.4 is 5.32 Å². The Bertz CT molecular complexity index is 287. The van der Waals surface area contributed by atoms with Crippen LogP contribution in [0.2, 0.25) is 0 Å². The molecule has 5 heteroatoms. The highest BCUT2D eigenvalue weighted by Gasteiger charge is 2.21. The van der Waals surface area contributed by atoms with Crippen LogP contribution >= 0.6 is 0 Å². The number of hydrogen-bond acceptors (Lipinski definition) is 4. The molecule has 0 saturated carbocycles. The van der Waals surface area contributed by atoms with Crippen molar-refractivity contribution in [3.8, 4) is 0 Å². The highest BCUT2D eigenvalue weighted by Crippen LogP contribution is 2.17. The van der Waals surface area contributed by atoms with Gasteiger partial charge in [0.15, 0.2) is 0 Å². The Kier molecular flexibility index (Phi) is 4.71. The summed E-state index contributed by atoms with van der Waals surface area (Å²) in [7, 11) is 3.63. The Morgan fingerprint density at radius 1 is 1.60 bits per heavy atom. The van der Waals surface area contributed by atoms with Crippen LogP contribution in [0.25, 0.3) is 0 Å².